The first-order valence-electron chi connectivity index (χ1n) is 35.3. The summed E-state index contributed by atoms with van der Waals surface area (Å²) in [5, 5.41) is 0. The maximum Gasteiger partial charge on any atom is 0.306 e. The molecular weight excluding hydrogens is 1070 g/mol. The molecule has 0 N–H and O–H groups in total. The van der Waals surface area contributed by atoms with E-state index in [1.807, 2.05) is 27.7 Å². The Bertz CT molecular complexity index is 1730. The lowest BCUT2D eigenvalue weighted by Gasteiger charge is -2.28. The molecule has 2 fully saturated rings. The van der Waals surface area contributed by atoms with Crippen LogP contribution in [0, 0.1) is 23.7 Å². The van der Waals surface area contributed by atoms with Crippen LogP contribution in [0.1, 0.15) is 332 Å². The Kier molecular flexibility index (Phi) is 69.9. The van der Waals surface area contributed by atoms with Crippen molar-refractivity contribution in [2.45, 2.75) is 339 Å². The molecule has 3 atom stereocenters. The molecular formula is C76H136O10. The maximum atomic E-state index is 12.5. The summed E-state index contributed by atoms with van der Waals surface area (Å²) in [7, 11) is 0. The van der Waals surface area contributed by atoms with Gasteiger partial charge in [0, 0.05) is 44.9 Å². The van der Waals surface area contributed by atoms with E-state index in [1.54, 1.807) is 0 Å². The number of allylic oxidation sites excluding steroid dienone is 5. The first-order valence-corrected chi connectivity index (χ1v) is 35.3. The van der Waals surface area contributed by atoms with E-state index in [1.165, 1.54) is 165 Å². The highest BCUT2D eigenvalue weighted by Gasteiger charge is 2.27. The average Bonchev–Trinajstić information content (AvgIpc) is 3.72. The molecule has 0 bridgehead atoms. The van der Waals surface area contributed by atoms with Crippen molar-refractivity contribution in [2.75, 3.05) is 19.8 Å². The Balaban J connectivity index is -0.000000586. The molecule has 0 radical (unpaired) electrons. The first kappa shape index (κ1) is 88.1. The number of carbonyl (C=O) groups excluding carboxylic acids is 6. The van der Waals surface area contributed by atoms with Gasteiger partial charge in [0.25, 0.3) is 0 Å². The highest BCUT2D eigenvalue weighted by molar-refractivity contribution is 5.90. The second-order valence-electron chi connectivity index (χ2n) is 23.6. The van der Waals surface area contributed by atoms with E-state index < -0.39 is 5.92 Å². The summed E-state index contributed by atoms with van der Waals surface area (Å²) in [5.74, 6) is 0.160. The van der Waals surface area contributed by atoms with Gasteiger partial charge in [-0.1, -0.05) is 261 Å². The predicted octanol–water partition coefficient (Wildman–Crippen LogP) is 22.1. The van der Waals surface area contributed by atoms with Crippen molar-refractivity contribution >= 4 is 35.3 Å². The smallest absolute Gasteiger partial charge is 0.306 e. The zero-order chi connectivity index (χ0) is 65.3. The largest absolute Gasteiger partial charge is 0.490 e. The first-order chi connectivity index (χ1) is 41.6. The fourth-order valence-electron chi connectivity index (χ4n) is 10.3. The molecule has 0 aromatic heterocycles. The molecule has 2 aliphatic carbocycles. The van der Waals surface area contributed by atoms with Gasteiger partial charge in [0.2, 0.25) is 0 Å². The van der Waals surface area contributed by atoms with Gasteiger partial charge in [0.15, 0.2) is 17.3 Å². The standard InChI is InChI=1S/C28H44O6.C27H46O4.C9H20.C8H14.2C2H6/c1-4-7-8-9-10-11-18-33-27(31)20-23(19-25(30)6-3)21-28(32)34-26-16-13-22(14-17-26)12-15-24(29)5-2;1-5-9-11-13-15-17-19-30-26(8-4)22-24(21-25(28)7-3)23-27(29)31-20-18-16-14-12-10-6-2;1-3-5-7-9-8-6-4-2;1-7-4-3-5-8(2)6-7;2*1-2/h5-6,22-23,26H,2-4,7-21H2,1H3;7,24H,3-6,9-23H2,1-2H3;3-9H2,1-2H3;8H,1,3-6H2,2H3;2*1-2H3. The van der Waals surface area contributed by atoms with Crippen LogP contribution in [0.25, 0.3) is 0 Å². The van der Waals surface area contributed by atoms with Crippen LogP contribution in [-0.2, 0) is 47.7 Å². The third kappa shape index (κ3) is 61.4. The zero-order valence-corrected chi connectivity index (χ0v) is 57.8. The number of esters is 3. The molecule has 3 unspecified atom stereocenters. The van der Waals surface area contributed by atoms with Crippen molar-refractivity contribution in [3.05, 3.63) is 68.2 Å². The number of rotatable bonds is 47. The summed E-state index contributed by atoms with van der Waals surface area (Å²) in [6, 6.07) is 0. The highest BCUT2D eigenvalue weighted by atomic mass is 16.5. The Morgan fingerprint density at radius 3 is 1.19 bits per heavy atom. The maximum absolute atomic E-state index is 12.5. The normalized spacial score (nSPS) is 15.5. The van der Waals surface area contributed by atoms with Gasteiger partial charge in [-0.25, -0.2) is 0 Å². The Morgan fingerprint density at radius 2 is 0.837 bits per heavy atom. The fraction of sp³-hybridized carbons (Fsp3) is 0.776. The monoisotopic (exact) mass is 1210 g/mol. The van der Waals surface area contributed by atoms with E-state index >= 15 is 0 Å². The number of carbonyl (C=O) groups is 6. The van der Waals surface area contributed by atoms with Gasteiger partial charge in [0.1, 0.15) is 11.9 Å². The van der Waals surface area contributed by atoms with Crippen LogP contribution < -0.4 is 0 Å². The van der Waals surface area contributed by atoms with Crippen LogP contribution in [0.4, 0.5) is 0 Å². The van der Waals surface area contributed by atoms with Crippen LogP contribution in [-0.4, -0.2) is 61.2 Å². The van der Waals surface area contributed by atoms with E-state index in [4.69, 9.17) is 18.9 Å². The predicted molar refractivity (Wildman–Crippen MR) is 365 cm³/mol. The van der Waals surface area contributed by atoms with E-state index in [9.17, 15) is 28.8 Å². The molecule has 0 heterocycles. The molecule has 0 spiro atoms. The van der Waals surface area contributed by atoms with Crippen LogP contribution in [0.2, 0.25) is 0 Å². The van der Waals surface area contributed by atoms with E-state index in [0.29, 0.717) is 44.3 Å². The Hall–Kier alpha value is -4.30. The molecule has 0 amide bonds. The molecule has 500 valence electrons. The lowest BCUT2D eigenvalue weighted by atomic mass is 9.84. The van der Waals surface area contributed by atoms with E-state index in [-0.39, 0.29) is 79.4 Å². The molecule has 2 saturated carbocycles. The van der Waals surface area contributed by atoms with Crippen molar-refractivity contribution in [3.63, 3.8) is 0 Å². The molecule has 0 aromatic rings. The molecule has 0 aliphatic heterocycles. The summed E-state index contributed by atoms with van der Waals surface area (Å²) in [6.45, 7) is 41.1. The van der Waals surface area contributed by atoms with Crippen LogP contribution >= 0.6 is 0 Å². The number of hydrogen-bond acceptors (Lipinski definition) is 10. The molecule has 0 saturated heterocycles. The SMILES string of the molecule is C=C1CCCC(C)C1.C=C=C(CC(CC(=O)C=C)CC(=O)OCCCCCCCC)OCCCCCCCC.C=CC(=O)CCC1CCC(OC(=O)CC(CC(=O)C=C)CC(=O)OCCCCCCCC)CC1.CC.CC.CCCCCCCCC. The van der Waals surface area contributed by atoms with Gasteiger partial charge in [-0.15, -0.1) is 0 Å². The Labute approximate surface area is 530 Å². The summed E-state index contributed by atoms with van der Waals surface area (Å²) in [4.78, 5) is 72.2. The summed E-state index contributed by atoms with van der Waals surface area (Å²) in [5.41, 5.74) is 4.30. The van der Waals surface area contributed by atoms with Gasteiger partial charge < -0.3 is 18.9 Å². The average molecular weight is 1210 g/mol. The van der Waals surface area contributed by atoms with Gasteiger partial charge in [-0.3, -0.25) is 28.8 Å². The van der Waals surface area contributed by atoms with Gasteiger partial charge >= 0.3 is 17.9 Å². The highest BCUT2D eigenvalue weighted by Crippen LogP contribution is 2.31. The minimum atomic E-state index is -0.448. The molecule has 10 heteroatoms. The second kappa shape index (κ2) is 68.2. The molecule has 2 aliphatic rings. The van der Waals surface area contributed by atoms with E-state index in [0.717, 1.165) is 83.0 Å². The van der Waals surface area contributed by atoms with Crippen molar-refractivity contribution in [3.8, 4) is 0 Å². The van der Waals surface area contributed by atoms with Crippen molar-refractivity contribution in [1.82, 2.24) is 0 Å². The minimum Gasteiger partial charge on any atom is -0.490 e. The summed E-state index contributed by atoms with van der Waals surface area (Å²) < 4.78 is 22.2. The number of unbranched alkanes of at least 4 members (excludes halogenated alkanes) is 21. The van der Waals surface area contributed by atoms with Crippen LogP contribution in [0.15, 0.2) is 68.2 Å². The summed E-state index contributed by atoms with van der Waals surface area (Å²) in [6.07, 6.45) is 45.5. The molecule has 10 nitrogen and oxygen atoms in total. The fourth-order valence-corrected chi connectivity index (χ4v) is 10.3. The molecule has 86 heavy (non-hydrogen) atoms. The van der Waals surface area contributed by atoms with Crippen LogP contribution in [0.3, 0.4) is 0 Å². The van der Waals surface area contributed by atoms with E-state index in [2.05, 4.69) is 80.2 Å². The topological polar surface area (TPSA) is 139 Å². The van der Waals surface area contributed by atoms with Crippen LogP contribution in [0.5, 0.6) is 0 Å². The molecule has 0 aromatic carbocycles. The number of ketones is 3. The quantitative estimate of drug-likeness (QED) is 0.0110. The second-order valence-corrected chi connectivity index (χ2v) is 23.6. The number of hydrogen-bond donors (Lipinski definition) is 0. The van der Waals surface area contributed by atoms with Crippen molar-refractivity contribution in [2.24, 2.45) is 23.7 Å². The minimum absolute atomic E-state index is 0.0134. The van der Waals surface area contributed by atoms with Gasteiger partial charge in [-0.05, 0) is 113 Å². The van der Waals surface area contributed by atoms with Gasteiger partial charge in [0.05, 0.1) is 19.8 Å². The van der Waals surface area contributed by atoms with Crippen molar-refractivity contribution < 1.29 is 47.7 Å². The zero-order valence-electron chi connectivity index (χ0n) is 57.8. The lowest BCUT2D eigenvalue weighted by molar-refractivity contribution is -0.153. The summed E-state index contributed by atoms with van der Waals surface area (Å²) >= 11 is 0. The number of ether oxygens (including phenoxy) is 4. The van der Waals surface area contributed by atoms with Crippen molar-refractivity contribution in [1.29, 1.82) is 0 Å². The third-order valence-corrected chi connectivity index (χ3v) is 15.5. The molecule has 2 rings (SSSR count). The van der Waals surface area contributed by atoms with Gasteiger partial charge in [-0.2, -0.15) is 0 Å². The lowest BCUT2D eigenvalue weighted by Crippen LogP contribution is -2.26. The Morgan fingerprint density at radius 1 is 0.477 bits per heavy atom. The third-order valence-electron chi connectivity index (χ3n) is 15.5.